The van der Waals surface area contributed by atoms with Gasteiger partial charge in [-0.1, -0.05) is 19.8 Å². The SMILES string of the molecule is CCCCCNC(=O)CC=O. The lowest BCUT2D eigenvalue weighted by molar-refractivity contribution is -0.123. The summed E-state index contributed by atoms with van der Waals surface area (Å²) < 4.78 is 0. The van der Waals surface area contributed by atoms with Crippen LogP contribution in [-0.2, 0) is 9.59 Å². The van der Waals surface area contributed by atoms with Crippen molar-refractivity contribution in [1.29, 1.82) is 0 Å². The topological polar surface area (TPSA) is 46.2 Å². The van der Waals surface area contributed by atoms with Crippen molar-refractivity contribution in [3.05, 3.63) is 0 Å². The minimum absolute atomic E-state index is 0.00781. The average Bonchev–Trinajstić information content (AvgIpc) is 1.99. The van der Waals surface area contributed by atoms with Crippen molar-refractivity contribution in [1.82, 2.24) is 5.32 Å². The van der Waals surface area contributed by atoms with E-state index in [9.17, 15) is 9.59 Å². The Morgan fingerprint density at radius 1 is 1.45 bits per heavy atom. The molecule has 1 amide bonds. The van der Waals surface area contributed by atoms with E-state index >= 15 is 0 Å². The molecule has 0 aromatic heterocycles. The summed E-state index contributed by atoms with van der Waals surface area (Å²) in [5, 5.41) is 2.65. The number of nitrogens with one attached hydrogen (secondary N) is 1. The first kappa shape index (κ1) is 10.1. The van der Waals surface area contributed by atoms with Gasteiger partial charge in [0.05, 0.1) is 6.42 Å². The van der Waals surface area contributed by atoms with E-state index in [-0.39, 0.29) is 12.3 Å². The Bertz CT molecular complexity index is 123. The number of rotatable bonds is 6. The maximum absolute atomic E-state index is 10.7. The lowest BCUT2D eigenvalue weighted by Gasteiger charge is -2.00. The molecule has 0 radical (unpaired) electrons. The lowest BCUT2D eigenvalue weighted by Crippen LogP contribution is -2.24. The van der Waals surface area contributed by atoms with E-state index in [0.717, 1.165) is 19.3 Å². The molecule has 0 heterocycles. The van der Waals surface area contributed by atoms with Gasteiger partial charge in [0.2, 0.25) is 5.91 Å². The molecular weight excluding hydrogens is 142 g/mol. The molecule has 11 heavy (non-hydrogen) atoms. The normalized spacial score (nSPS) is 9.18. The van der Waals surface area contributed by atoms with E-state index < -0.39 is 0 Å². The van der Waals surface area contributed by atoms with Gasteiger partial charge in [0.1, 0.15) is 6.29 Å². The van der Waals surface area contributed by atoms with Gasteiger partial charge in [0, 0.05) is 6.54 Å². The van der Waals surface area contributed by atoms with E-state index in [1.165, 1.54) is 0 Å². The lowest BCUT2D eigenvalue weighted by atomic mass is 10.2. The van der Waals surface area contributed by atoms with Gasteiger partial charge >= 0.3 is 0 Å². The van der Waals surface area contributed by atoms with Crippen LogP contribution in [0.15, 0.2) is 0 Å². The van der Waals surface area contributed by atoms with Crippen molar-refractivity contribution in [2.75, 3.05) is 6.54 Å². The largest absolute Gasteiger partial charge is 0.356 e. The van der Waals surface area contributed by atoms with Gasteiger partial charge in [-0.3, -0.25) is 4.79 Å². The molecule has 0 aromatic rings. The maximum Gasteiger partial charge on any atom is 0.227 e. The summed E-state index contributed by atoms with van der Waals surface area (Å²) in [7, 11) is 0. The third-order valence-electron chi connectivity index (χ3n) is 1.37. The van der Waals surface area contributed by atoms with E-state index in [1.807, 2.05) is 0 Å². The Morgan fingerprint density at radius 2 is 2.18 bits per heavy atom. The Balaban J connectivity index is 3.10. The third-order valence-corrected chi connectivity index (χ3v) is 1.37. The summed E-state index contributed by atoms with van der Waals surface area (Å²) in [5.74, 6) is -0.170. The summed E-state index contributed by atoms with van der Waals surface area (Å²) in [6, 6.07) is 0. The molecule has 3 nitrogen and oxygen atoms in total. The molecular formula is C8H15NO2. The van der Waals surface area contributed by atoms with Crippen molar-refractivity contribution in [3.8, 4) is 0 Å². The number of hydrogen-bond donors (Lipinski definition) is 1. The maximum atomic E-state index is 10.7. The van der Waals surface area contributed by atoms with Gasteiger partial charge in [-0.05, 0) is 6.42 Å². The second-order valence-electron chi connectivity index (χ2n) is 2.43. The molecule has 64 valence electrons. The van der Waals surface area contributed by atoms with Gasteiger partial charge in [-0.15, -0.1) is 0 Å². The Morgan fingerprint density at radius 3 is 2.73 bits per heavy atom. The molecule has 0 atom stereocenters. The van der Waals surface area contributed by atoms with Crippen LogP contribution in [0.1, 0.15) is 32.6 Å². The van der Waals surface area contributed by atoms with Crippen molar-refractivity contribution < 1.29 is 9.59 Å². The second kappa shape index (κ2) is 7.25. The molecule has 0 saturated carbocycles. The zero-order valence-electron chi connectivity index (χ0n) is 6.93. The van der Waals surface area contributed by atoms with E-state index in [4.69, 9.17) is 0 Å². The Kier molecular flexibility index (Phi) is 6.68. The van der Waals surface area contributed by atoms with Crippen molar-refractivity contribution in [3.63, 3.8) is 0 Å². The predicted molar refractivity (Wildman–Crippen MR) is 43.2 cm³/mol. The summed E-state index contributed by atoms with van der Waals surface area (Å²) in [6.07, 6.45) is 3.88. The summed E-state index contributed by atoms with van der Waals surface area (Å²) in [5.41, 5.74) is 0. The van der Waals surface area contributed by atoms with Gasteiger partial charge in [-0.2, -0.15) is 0 Å². The molecule has 0 rings (SSSR count). The van der Waals surface area contributed by atoms with Crippen LogP contribution >= 0.6 is 0 Å². The molecule has 3 heteroatoms. The fourth-order valence-corrected chi connectivity index (χ4v) is 0.751. The zero-order chi connectivity index (χ0) is 8.53. The molecule has 0 unspecified atom stereocenters. The summed E-state index contributed by atoms with van der Waals surface area (Å²) in [4.78, 5) is 20.5. The highest BCUT2D eigenvalue weighted by Gasteiger charge is 1.96. The number of aldehydes is 1. The highest BCUT2D eigenvalue weighted by molar-refractivity contribution is 5.87. The van der Waals surface area contributed by atoms with Crippen LogP contribution in [0.5, 0.6) is 0 Å². The highest BCUT2D eigenvalue weighted by atomic mass is 16.2. The minimum atomic E-state index is -0.170. The van der Waals surface area contributed by atoms with Gasteiger partial charge in [0.25, 0.3) is 0 Å². The van der Waals surface area contributed by atoms with Crippen LogP contribution < -0.4 is 5.32 Å². The van der Waals surface area contributed by atoms with Crippen molar-refractivity contribution in [2.24, 2.45) is 0 Å². The zero-order valence-corrected chi connectivity index (χ0v) is 6.93. The van der Waals surface area contributed by atoms with Crippen LogP contribution in [0.3, 0.4) is 0 Å². The van der Waals surface area contributed by atoms with Crippen LogP contribution in [-0.4, -0.2) is 18.7 Å². The second-order valence-corrected chi connectivity index (χ2v) is 2.43. The fourth-order valence-electron chi connectivity index (χ4n) is 0.751. The molecule has 0 fully saturated rings. The van der Waals surface area contributed by atoms with Crippen LogP contribution in [0.2, 0.25) is 0 Å². The number of carbonyl (C=O) groups excluding carboxylic acids is 2. The molecule has 1 N–H and O–H groups in total. The average molecular weight is 157 g/mol. The standard InChI is InChI=1S/C8H15NO2/c1-2-3-4-6-9-8(11)5-7-10/h7H,2-6H2,1H3,(H,9,11). The van der Waals surface area contributed by atoms with Crippen molar-refractivity contribution in [2.45, 2.75) is 32.6 Å². The van der Waals surface area contributed by atoms with Gasteiger partial charge < -0.3 is 10.1 Å². The molecule has 0 aliphatic rings. The van der Waals surface area contributed by atoms with Gasteiger partial charge in [0.15, 0.2) is 0 Å². The molecule has 0 aliphatic heterocycles. The molecule has 0 aromatic carbocycles. The monoisotopic (exact) mass is 157 g/mol. The number of amides is 1. The van der Waals surface area contributed by atoms with Crippen LogP contribution in [0.4, 0.5) is 0 Å². The first-order chi connectivity index (χ1) is 5.31. The molecule has 0 aliphatic carbocycles. The Labute approximate surface area is 67.2 Å². The summed E-state index contributed by atoms with van der Waals surface area (Å²) >= 11 is 0. The van der Waals surface area contributed by atoms with Crippen LogP contribution in [0, 0.1) is 0 Å². The molecule has 0 saturated heterocycles. The predicted octanol–water partition coefficient (Wildman–Crippen LogP) is 0.882. The fraction of sp³-hybridized carbons (Fsp3) is 0.750. The number of unbranched alkanes of at least 4 members (excludes halogenated alkanes) is 2. The number of hydrogen-bond acceptors (Lipinski definition) is 2. The van der Waals surface area contributed by atoms with E-state index in [1.54, 1.807) is 0 Å². The highest BCUT2D eigenvalue weighted by Crippen LogP contribution is 1.90. The molecule has 0 bridgehead atoms. The van der Waals surface area contributed by atoms with Gasteiger partial charge in [-0.25, -0.2) is 0 Å². The van der Waals surface area contributed by atoms with E-state index in [2.05, 4.69) is 12.2 Å². The Hall–Kier alpha value is -0.860. The minimum Gasteiger partial charge on any atom is -0.356 e. The third kappa shape index (κ3) is 7.03. The summed E-state index contributed by atoms with van der Waals surface area (Å²) in [6.45, 7) is 2.80. The quantitative estimate of drug-likeness (QED) is 0.353. The molecule has 0 spiro atoms. The first-order valence-corrected chi connectivity index (χ1v) is 4.01. The first-order valence-electron chi connectivity index (χ1n) is 4.01. The van der Waals surface area contributed by atoms with E-state index in [0.29, 0.717) is 12.8 Å². The van der Waals surface area contributed by atoms with Crippen molar-refractivity contribution >= 4 is 12.2 Å². The smallest absolute Gasteiger partial charge is 0.227 e. The van der Waals surface area contributed by atoms with Crippen LogP contribution in [0.25, 0.3) is 0 Å². The number of carbonyl (C=O) groups is 2.